The summed E-state index contributed by atoms with van der Waals surface area (Å²) in [4.78, 5) is 46.5. The third-order valence-corrected chi connectivity index (χ3v) is 6.74. The van der Waals surface area contributed by atoms with E-state index in [1.165, 1.54) is 15.7 Å². The Hall–Kier alpha value is -2.72. The Morgan fingerprint density at radius 1 is 1.33 bits per heavy atom. The molecule has 3 aromatic heterocycles. The Balaban J connectivity index is 1.49. The molecule has 1 N–H and O–H groups in total. The van der Waals surface area contributed by atoms with E-state index in [1.54, 1.807) is 25.3 Å². The summed E-state index contributed by atoms with van der Waals surface area (Å²) in [6.07, 6.45) is 4.36. The average molecular weight is 445 g/mol. The molecule has 3 heterocycles. The fourth-order valence-electron chi connectivity index (χ4n) is 3.37. The second-order valence-corrected chi connectivity index (χ2v) is 8.89. The molecule has 1 amide bonds. The summed E-state index contributed by atoms with van der Waals surface area (Å²) in [5, 5.41) is 3.59. The maximum absolute atomic E-state index is 12.5. The molecule has 3 aromatic rings. The number of pyridine rings is 1. The highest BCUT2D eigenvalue weighted by atomic mass is 32.2. The van der Waals surface area contributed by atoms with Crippen LogP contribution < -0.4 is 11.0 Å². The van der Waals surface area contributed by atoms with Gasteiger partial charge in [-0.2, -0.15) is 4.98 Å². The molecular weight excluding hydrogens is 424 g/mol. The lowest BCUT2D eigenvalue weighted by molar-refractivity contribution is -0.113. The number of anilines is 1. The lowest BCUT2D eigenvalue weighted by Crippen LogP contribution is -2.20. The number of hydrogen-bond acceptors (Lipinski definition) is 8. The van der Waals surface area contributed by atoms with Gasteiger partial charge in [0.2, 0.25) is 5.91 Å². The summed E-state index contributed by atoms with van der Waals surface area (Å²) < 4.78 is 6.54. The zero-order chi connectivity index (χ0) is 21.3. The number of ether oxygens (including phenoxy) is 1. The van der Waals surface area contributed by atoms with Crippen LogP contribution in [0.4, 0.5) is 5.00 Å². The van der Waals surface area contributed by atoms with E-state index in [-0.39, 0.29) is 23.4 Å². The molecule has 0 unspecified atom stereocenters. The Morgan fingerprint density at radius 2 is 2.17 bits per heavy atom. The first kappa shape index (κ1) is 20.5. The number of nitrogens with one attached hydrogen (secondary N) is 1. The highest BCUT2D eigenvalue weighted by Gasteiger charge is 2.28. The molecule has 0 saturated heterocycles. The third kappa shape index (κ3) is 4.10. The van der Waals surface area contributed by atoms with Gasteiger partial charge in [0.1, 0.15) is 10.6 Å². The zero-order valence-electron chi connectivity index (χ0n) is 16.6. The molecule has 10 heteroatoms. The molecule has 0 aromatic carbocycles. The number of amides is 1. The summed E-state index contributed by atoms with van der Waals surface area (Å²) in [6.45, 7) is 3.94. The third-order valence-electron chi connectivity index (χ3n) is 4.68. The maximum atomic E-state index is 12.5. The lowest BCUT2D eigenvalue weighted by Gasteiger charge is -2.08. The molecule has 0 saturated carbocycles. The Morgan fingerprint density at radius 3 is 2.97 bits per heavy atom. The van der Waals surface area contributed by atoms with Crippen LogP contribution in [0, 0.1) is 6.92 Å². The zero-order valence-corrected chi connectivity index (χ0v) is 18.2. The van der Waals surface area contributed by atoms with E-state index < -0.39 is 11.7 Å². The van der Waals surface area contributed by atoms with Crippen LogP contribution in [-0.4, -0.2) is 38.6 Å². The first-order valence-electron chi connectivity index (χ1n) is 9.57. The van der Waals surface area contributed by atoms with Crippen molar-refractivity contribution in [1.29, 1.82) is 0 Å². The minimum absolute atomic E-state index is 0.0201. The summed E-state index contributed by atoms with van der Waals surface area (Å²) in [7, 11) is 0. The van der Waals surface area contributed by atoms with Crippen LogP contribution in [0.1, 0.15) is 39.7 Å². The molecule has 0 radical (unpaired) electrons. The summed E-state index contributed by atoms with van der Waals surface area (Å²) in [5.74, 6) is -0.675. The second-order valence-electron chi connectivity index (χ2n) is 6.84. The van der Waals surface area contributed by atoms with Gasteiger partial charge in [0.15, 0.2) is 5.16 Å². The van der Waals surface area contributed by atoms with Gasteiger partial charge in [0, 0.05) is 11.1 Å². The maximum Gasteiger partial charge on any atom is 0.355 e. The van der Waals surface area contributed by atoms with Gasteiger partial charge in [-0.05, 0) is 56.4 Å². The number of thiophene rings is 1. The fraction of sp³-hybridized carbons (Fsp3) is 0.350. The van der Waals surface area contributed by atoms with Gasteiger partial charge in [-0.1, -0.05) is 11.8 Å². The highest BCUT2D eigenvalue weighted by molar-refractivity contribution is 7.99. The van der Waals surface area contributed by atoms with E-state index >= 15 is 0 Å². The first-order chi connectivity index (χ1) is 14.5. The number of esters is 1. The Bertz CT molecular complexity index is 1200. The quantitative estimate of drug-likeness (QED) is 0.461. The largest absolute Gasteiger partial charge is 0.462 e. The van der Waals surface area contributed by atoms with E-state index in [0.29, 0.717) is 16.2 Å². The molecule has 4 rings (SSSR count). The van der Waals surface area contributed by atoms with Gasteiger partial charge < -0.3 is 10.1 Å². The van der Waals surface area contributed by atoms with Gasteiger partial charge in [-0.25, -0.2) is 14.6 Å². The van der Waals surface area contributed by atoms with E-state index in [1.807, 2.05) is 6.92 Å². The normalized spacial score (nSPS) is 12.7. The monoisotopic (exact) mass is 444 g/mol. The van der Waals surface area contributed by atoms with Crippen LogP contribution in [0.2, 0.25) is 0 Å². The van der Waals surface area contributed by atoms with Crippen molar-refractivity contribution in [2.24, 2.45) is 0 Å². The molecule has 0 atom stereocenters. The van der Waals surface area contributed by atoms with Gasteiger partial charge in [0.25, 0.3) is 0 Å². The second kappa shape index (κ2) is 8.57. The number of carbonyl (C=O) groups excluding carboxylic acids is 2. The summed E-state index contributed by atoms with van der Waals surface area (Å²) in [5.41, 5.74) is 2.48. The summed E-state index contributed by atoms with van der Waals surface area (Å²) in [6, 6.07) is 3.59. The minimum Gasteiger partial charge on any atom is -0.462 e. The van der Waals surface area contributed by atoms with Crippen molar-refractivity contribution in [2.75, 3.05) is 17.7 Å². The highest BCUT2D eigenvalue weighted by Crippen LogP contribution is 2.39. The molecule has 0 bridgehead atoms. The lowest BCUT2D eigenvalue weighted by atomic mass is 10.1. The van der Waals surface area contributed by atoms with Crippen molar-refractivity contribution in [3.05, 3.63) is 50.4 Å². The van der Waals surface area contributed by atoms with E-state index in [2.05, 4.69) is 15.3 Å². The van der Waals surface area contributed by atoms with Crippen LogP contribution in [0.15, 0.2) is 28.3 Å². The topological polar surface area (TPSA) is 103 Å². The van der Waals surface area contributed by atoms with Crippen LogP contribution in [0.5, 0.6) is 0 Å². The molecule has 156 valence electrons. The smallest absolute Gasteiger partial charge is 0.355 e. The van der Waals surface area contributed by atoms with Crippen LogP contribution in [0.3, 0.4) is 0 Å². The van der Waals surface area contributed by atoms with Crippen molar-refractivity contribution >= 4 is 45.6 Å². The van der Waals surface area contributed by atoms with Gasteiger partial charge in [-0.15, -0.1) is 11.3 Å². The van der Waals surface area contributed by atoms with Gasteiger partial charge >= 0.3 is 11.7 Å². The standard InChI is InChI=1S/C20H20N4O4S2/c1-3-28-18(26)16-12-5-4-6-13(12)30-17(16)22-15(25)10-29-19-21-14-9-11(2)7-8-24(14)20(27)23-19/h7-9H,3-6,10H2,1-2H3,(H,22,25). The molecule has 8 nitrogen and oxygen atoms in total. The van der Waals surface area contributed by atoms with Crippen LogP contribution >= 0.6 is 23.1 Å². The molecule has 1 aliphatic rings. The number of hydrogen-bond donors (Lipinski definition) is 1. The van der Waals surface area contributed by atoms with Crippen LogP contribution in [-0.2, 0) is 22.4 Å². The number of fused-ring (bicyclic) bond motifs is 2. The van der Waals surface area contributed by atoms with Gasteiger partial charge in [-0.3, -0.25) is 9.20 Å². The predicted octanol–water partition coefficient (Wildman–Crippen LogP) is 2.86. The number of carbonyl (C=O) groups is 2. The fourth-order valence-corrected chi connectivity index (χ4v) is 5.29. The number of aromatic nitrogens is 3. The van der Waals surface area contributed by atoms with Crippen molar-refractivity contribution in [1.82, 2.24) is 14.4 Å². The number of rotatable bonds is 6. The average Bonchev–Trinajstić information content (AvgIpc) is 3.27. The number of nitrogens with zero attached hydrogens (tertiary/aromatic N) is 3. The molecule has 0 spiro atoms. The van der Waals surface area contributed by atoms with Crippen molar-refractivity contribution in [3.8, 4) is 0 Å². The molecule has 0 aliphatic heterocycles. The SMILES string of the molecule is CCOC(=O)c1c(NC(=O)CSc2nc(=O)n3ccc(C)cc3n2)sc2c1CCC2. The van der Waals surface area contributed by atoms with Crippen LogP contribution in [0.25, 0.3) is 5.65 Å². The van der Waals surface area contributed by atoms with Gasteiger partial charge in [0.05, 0.1) is 17.9 Å². The van der Waals surface area contributed by atoms with Crippen molar-refractivity contribution in [2.45, 2.75) is 38.3 Å². The van der Waals surface area contributed by atoms with E-state index in [9.17, 15) is 14.4 Å². The van der Waals surface area contributed by atoms with E-state index in [0.717, 1.165) is 47.0 Å². The molecular formula is C20H20N4O4S2. The number of thioether (sulfide) groups is 1. The number of aryl methyl sites for hydroxylation is 2. The summed E-state index contributed by atoms with van der Waals surface area (Å²) >= 11 is 2.51. The minimum atomic E-state index is -0.442. The van der Waals surface area contributed by atoms with Crippen molar-refractivity contribution in [3.63, 3.8) is 0 Å². The Labute approximate surface area is 180 Å². The van der Waals surface area contributed by atoms with E-state index in [4.69, 9.17) is 4.74 Å². The van der Waals surface area contributed by atoms with Crippen molar-refractivity contribution < 1.29 is 14.3 Å². The Kier molecular flexibility index (Phi) is 5.87. The molecule has 1 aliphatic carbocycles. The molecule has 0 fully saturated rings. The first-order valence-corrected chi connectivity index (χ1v) is 11.4. The molecule has 30 heavy (non-hydrogen) atoms. The predicted molar refractivity (Wildman–Crippen MR) is 116 cm³/mol.